The van der Waals surface area contributed by atoms with Crippen molar-refractivity contribution < 1.29 is 18.3 Å². The fourth-order valence-corrected chi connectivity index (χ4v) is 3.63. The SMILES string of the molecule is CN=C(NCCc1cc(F)ccc1F)N1CCC(OCC2CCCO2)CC1.I. The van der Waals surface area contributed by atoms with Crippen LogP contribution in [-0.2, 0) is 15.9 Å². The van der Waals surface area contributed by atoms with E-state index < -0.39 is 5.82 Å². The van der Waals surface area contributed by atoms with Crippen LogP contribution in [0.4, 0.5) is 8.78 Å². The van der Waals surface area contributed by atoms with E-state index in [0.29, 0.717) is 25.1 Å². The highest BCUT2D eigenvalue weighted by atomic mass is 127. The summed E-state index contributed by atoms with van der Waals surface area (Å²) in [4.78, 5) is 6.51. The van der Waals surface area contributed by atoms with E-state index in [1.54, 1.807) is 7.05 Å². The zero-order valence-corrected chi connectivity index (χ0v) is 18.7. The van der Waals surface area contributed by atoms with Gasteiger partial charge in [-0.1, -0.05) is 0 Å². The van der Waals surface area contributed by atoms with Crippen molar-refractivity contribution in [3.63, 3.8) is 0 Å². The van der Waals surface area contributed by atoms with Gasteiger partial charge >= 0.3 is 0 Å². The molecule has 2 saturated heterocycles. The van der Waals surface area contributed by atoms with Crippen LogP contribution < -0.4 is 5.32 Å². The van der Waals surface area contributed by atoms with Crippen LogP contribution in [-0.4, -0.2) is 63.0 Å². The van der Waals surface area contributed by atoms with E-state index >= 15 is 0 Å². The molecule has 158 valence electrons. The third-order valence-electron chi connectivity index (χ3n) is 5.18. The zero-order chi connectivity index (χ0) is 19.1. The molecule has 0 aliphatic carbocycles. The second-order valence-corrected chi connectivity index (χ2v) is 7.11. The summed E-state index contributed by atoms with van der Waals surface area (Å²) in [5, 5.41) is 3.25. The molecule has 0 amide bonds. The molecule has 1 aromatic rings. The Bertz CT molecular complexity index is 634. The van der Waals surface area contributed by atoms with Gasteiger partial charge in [-0.15, -0.1) is 24.0 Å². The topological polar surface area (TPSA) is 46.1 Å². The highest BCUT2D eigenvalue weighted by molar-refractivity contribution is 14.0. The Kier molecular flexibility index (Phi) is 9.87. The highest BCUT2D eigenvalue weighted by Crippen LogP contribution is 2.18. The lowest BCUT2D eigenvalue weighted by atomic mass is 10.1. The summed E-state index contributed by atoms with van der Waals surface area (Å²) in [5.74, 6) is 0.00244. The van der Waals surface area contributed by atoms with E-state index in [9.17, 15) is 8.78 Å². The van der Waals surface area contributed by atoms with Crippen molar-refractivity contribution in [1.29, 1.82) is 0 Å². The lowest BCUT2D eigenvalue weighted by Crippen LogP contribution is -2.47. The van der Waals surface area contributed by atoms with Crippen molar-refractivity contribution in [2.45, 2.75) is 44.3 Å². The number of piperidine rings is 1. The third-order valence-corrected chi connectivity index (χ3v) is 5.18. The van der Waals surface area contributed by atoms with E-state index in [0.717, 1.165) is 57.4 Å². The number of hydrogen-bond acceptors (Lipinski definition) is 3. The molecule has 2 aliphatic rings. The van der Waals surface area contributed by atoms with Crippen molar-refractivity contribution in [3.8, 4) is 0 Å². The van der Waals surface area contributed by atoms with Crippen LogP contribution in [0.1, 0.15) is 31.2 Å². The predicted molar refractivity (Wildman–Crippen MR) is 116 cm³/mol. The number of halogens is 3. The molecule has 0 saturated carbocycles. The molecule has 3 rings (SSSR count). The van der Waals surface area contributed by atoms with Gasteiger partial charge in [-0.25, -0.2) is 8.78 Å². The average molecular weight is 509 g/mol. The molecule has 1 atom stereocenters. The van der Waals surface area contributed by atoms with Crippen LogP contribution in [0.25, 0.3) is 0 Å². The monoisotopic (exact) mass is 509 g/mol. The molecule has 28 heavy (non-hydrogen) atoms. The van der Waals surface area contributed by atoms with Crippen LogP contribution in [0.5, 0.6) is 0 Å². The maximum absolute atomic E-state index is 13.7. The standard InChI is InChI=1S/C20H29F2N3O2.HI/c1-23-20(24-9-6-15-13-16(21)4-5-19(15)22)25-10-7-17(8-11-25)27-14-18-3-2-12-26-18;/h4-5,13,17-18H,2-3,6-12,14H2,1H3,(H,23,24);1H. The molecule has 5 nitrogen and oxygen atoms in total. The van der Waals surface area contributed by atoms with Crippen molar-refractivity contribution in [2.75, 3.05) is 39.9 Å². The lowest BCUT2D eigenvalue weighted by molar-refractivity contribution is -0.0367. The van der Waals surface area contributed by atoms with E-state index in [1.165, 1.54) is 12.1 Å². The molecular weight excluding hydrogens is 479 g/mol. The summed E-state index contributed by atoms with van der Waals surface area (Å²) in [6.45, 7) is 3.78. The van der Waals surface area contributed by atoms with Crippen LogP contribution in [0, 0.1) is 11.6 Å². The maximum atomic E-state index is 13.7. The van der Waals surface area contributed by atoms with Gasteiger partial charge in [0.05, 0.1) is 18.8 Å². The second kappa shape index (κ2) is 11.9. The molecule has 2 fully saturated rings. The molecule has 0 aromatic heterocycles. The molecule has 1 aromatic carbocycles. The van der Waals surface area contributed by atoms with E-state index in [1.807, 2.05) is 0 Å². The Morgan fingerprint density at radius 1 is 1.29 bits per heavy atom. The Hall–Kier alpha value is -1.00. The first-order chi connectivity index (χ1) is 13.2. The first-order valence-electron chi connectivity index (χ1n) is 9.78. The minimum atomic E-state index is -0.416. The van der Waals surface area contributed by atoms with Gasteiger partial charge in [-0.2, -0.15) is 0 Å². The molecule has 8 heteroatoms. The molecule has 0 spiro atoms. The van der Waals surface area contributed by atoms with E-state index in [-0.39, 0.29) is 42.0 Å². The van der Waals surface area contributed by atoms with Gasteiger partial charge < -0.3 is 19.7 Å². The average Bonchev–Trinajstić information content (AvgIpc) is 3.20. The van der Waals surface area contributed by atoms with Crippen LogP contribution in [0.2, 0.25) is 0 Å². The molecule has 2 aliphatic heterocycles. The Morgan fingerprint density at radius 2 is 2.07 bits per heavy atom. The summed E-state index contributed by atoms with van der Waals surface area (Å²) in [5.41, 5.74) is 0.374. The predicted octanol–water partition coefficient (Wildman–Crippen LogP) is 3.36. The second-order valence-electron chi connectivity index (χ2n) is 7.11. The largest absolute Gasteiger partial charge is 0.376 e. The summed E-state index contributed by atoms with van der Waals surface area (Å²) < 4.78 is 38.6. The summed E-state index contributed by atoms with van der Waals surface area (Å²) >= 11 is 0. The number of likely N-dealkylation sites (tertiary alicyclic amines) is 1. The number of hydrogen-bond donors (Lipinski definition) is 1. The summed E-state index contributed by atoms with van der Waals surface area (Å²) in [6.07, 6.45) is 5.07. The van der Waals surface area contributed by atoms with E-state index in [4.69, 9.17) is 9.47 Å². The van der Waals surface area contributed by atoms with Gasteiger partial charge in [0, 0.05) is 33.3 Å². The normalized spacial score (nSPS) is 20.9. The number of ether oxygens (including phenoxy) is 2. The van der Waals surface area contributed by atoms with Crippen molar-refractivity contribution in [1.82, 2.24) is 10.2 Å². The van der Waals surface area contributed by atoms with Crippen LogP contribution >= 0.6 is 24.0 Å². The van der Waals surface area contributed by atoms with Crippen LogP contribution in [0.3, 0.4) is 0 Å². The number of guanidine groups is 1. The number of benzene rings is 1. The Balaban J connectivity index is 0.00000280. The number of aliphatic imine (C=N–C) groups is 1. The third kappa shape index (κ3) is 6.81. The number of nitrogens with zero attached hydrogens (tertiary/aromatic N) is 2. The molecule has 0 radical (unpaired) electrons. The maximum Gasteiger partial charge on any atom is 0.193 e. The highest BCUT2D eigenvalue weighted by Gasteiger charge is 2.24. The van der Waals surface area contributed by atoms with Gasteiger partial charge in [-0.05, 0) is 55.9 Å². The summed E-state index contributed by atoms with van der Waals surface area (Å²) in [7, 11) is 1.74. The minimum Gasteiger partial charge on any atom is -0.376 e. The first-order valence-corrected chi connectivity index (χ1v) is 9.78. The fraction of sp³-hybridized carbons (Fsp3) is 0.650. The van der Waals surface area contributed by atoms with Gasteiger partial charge in [-0.3, -0.25) is 4.99 Å². The number of rotatable bonds is 6. The molecular formula is C20H30F2IN3O2. The van der Waals surface area contributed by atoms with Crippen molar-refractivity contribution in [2.24, 2.45) is 4.99 Å². The summed E-state index contributed by atoms with van der Waals surface area (Å²) in [6, 6.07) is 3.55. The molecule has 1 unspecified atom stereocenters. The molecule has 2 heterocycles. The van der Waals surface area contributed by atoms with Crippen molar-refractivity contribution >= 4 is 29.9 Å². The van der Waals surface area contributed by atoms with Gasteiger partial charge in [0.25, 0.3) is 0 Å². The smallest absolute Gasteiger partial charge is 0.193 e. The Morgan fingerprint density at radius 3 is 2.75 bits per heavy atom. The quantitative estimate of drug-likeness (QED) is 0.363. The molecule has 0 bridgehead atoms. The van der Waals surface area contributed by atoms with Gasteiger partial charge in [0.2, 0.25) is 0 Å². The van der Waals surface area contributed by atoms with Gasteiger partial charge in [0.15, 0.2) is 5.96 Å². The molecule has 1 N–H and O–H groups in total. The lowest BCUT2D eigenvalue weighted by Gasteiger charge is -2.34. The minimum absolute atomic E-state index is 0. The Labute approximate surface area is 182 Å². The zero-order valence-electron chi connectivity index (χ0n) is 16.3. The van der Waals surface area contributed by atoms with Crippen molar-refractivity contribution in [3.05, 3.63) is 35.4 Å². The first kappa shape index (κ1) is 23.3. The van der Waals surface area contributed by atoms with E-state index in [2.05, 4.69) is 15.2 Å². The van der Waals surface area contributed by atoms with Crippen LogP contribution in [0.15, 0.2) is 23.2 Å². The van der Waals surface area contributed by atoms with Gasteiger partial charge in [0.1, 0.15) is 11.6 Å². The fourth-order valence-electron chi connectivity index (χ4n) is 3.63. The number of nitrogens with one attached hydrogen (secondary N) is 1.